The fourth-order valence-electron chi connectivity index (χ4n) is 2.43. The molecule has 0 radical (unpaired) electrons. The smallest absolute Gasteiger partial charge is 0.0314 e. The molecular formula is C15H22BrNS. The summed E-state index contributed by atoms with van der Waals surface area (Å²) in [5.41, 5.74) is 1.36. The zero-order chi connectivity index (χ0) is 12.8. The minimum atomic E-state index is 0.948. The van der Waals surface area contributed by atoms with Crippen LogP contribution in [0.2, 0.25) is 0 Å². The van der Waals surface area contributed by atoms with Gasteiger partial charge in [-0.1, -0.05) is 25.8 Å². The molecule has 100 valence electrons. The molecule has 0 unspecified atom stereocenters. The lowest BCUT2D eigenvalue weighted by molar-refractivity contribution is 0.623. The van der Waals surface area contributed by atoms with Gasteiger partial charge in [0.1, 0.15) is 0 Å². The monoisotopic (exact) mass is 327 g/mol. The van der Waals surface area contributed by atoms with Crippen LogP contribution in [0.3, 0.4) is 0 Å². The van der Waals surface area contributed by atoms with E-state index in [1.165, 1.54) is 46.4 Å². The molecule has 0 aliphatic heterocycles. The first-order valence-electron chi connectivity index (χ1n) is 6.91. The van der Waals surface area contributed by atoms with Crippen LogP contribution in [0.1, 0.15) is 38.2 Å². The van der Waals surface area contributed by atoms with Crippen molar-refractivity contribution in [2.24, 2.45) is 5.92 Å². The second-order valence-electron chi connectivity index (χ2n) is 5.01. The molecule has 0 heterocycles. The standard InChI is InChI=1S/C15H22BrNS/c1-2-17-10-13-7-8-15(14(16)9-13)18-11-12-5-3-4-6-12/h7-9,12,17H,2-6,10-11H2,1H3. The van der Waals surface area contributed by atoms with E-state index in [0.717, 1.165) is 19.0 Å². The second-order valence-corrected chi connectivity index (χ2v) is 6.92. The first-order valence-corrected chi connectivity index (χ1v) is 8.69. The van der Waals surface area contributed by atoms with E-state index in [1.807, 2.05) is 11.8 Å². The quantitative estimate of drug-likeness (QED) is 0.750. The normalized spacial score (nSPS) is 16.3. The van der Waals surface area contributed by atoms with Gasteiger partial charge >= 0.3 is 0 Å². The van der Waals surface area contributed by atoms with Crippen LogP contribution in [0.15, 0.2) is 27.6 Å². The van der Waals surface area contributed by atoms with Gasteiger partial charge in [-0.15, -0.1) is 11.8 Å². The summed E-state index contributed by atoms with van der Waals surface area (Å²) in [7, 11) is 0. The zero-order valence-electron chi connectivity index (χ0n) is 11.0. The first kappa shape index (κ1) is 14.4. The maximum Gasteiger partial charge on any atom is 0.0314 e. The predicted molar refractivity (Wildman–Crippen MR) is 84.2 cm³/mol. The molecular weight excluding hydrogens is 306 g/mol. The van der Waals surface area contributed by atoms with Gasteiger partial charge in [-0.05, 0) is 58.9 Å². The zero-order valence-corrected chi connectivity index (χ0v) is 13.4. The van der Waals surface area contributed by atoms with Crippen LogP contribution in [0.4, 0.5) is 0 Å². The SMILES string of the molecule is CCNCc1ccc(SCC2CCCC2)c(Br)c1. The molecule has 2 rings (SSSR count). The maximum atomic E-state index is 3.70. The van der Waals surface area contributed by atoms with Crippen molar-refractivity contribution in [3.63, 3.8) is 0 Å². The molecule has 1 saturated carbocycles. The Bertz CT molecular complexity index is 375. The van der Waals surface area contributed by atoms with Gasteiger partial charge in [0.05, 0.1) is 0 Å². The molecule has 1 fully saturated rings. The van der Waals surface area contributed by atoms with Crippen molar-refractivity contribution in [2.45, 2.75) is 44.0 Å². The van der Waals surface area contributed by atoms with Gasteiger partial charge in [0, 0.05) is 21.7 Å². The number of hydrogen-bond donors (Lipinski definition) is 1. The minimum absolute atomic E-state index is 0.948. The van der Waals surface area contributed by atoms with E-state index in [0.29, 0.717) is 0 Å². The van der Waals surface area contributed by atoms with E-state index in [9.17, 15) is 0 Å². The summed E-state index contributed by atoms with van der Waals surface area (Å²) >= 11 is 5.71. The van der Waals surface area contributed by atoms with E-state index >= 15 is 0 Å². The summed E-state index contributed by atoms with van der Waals surface area (Å²) in [6, 6.07) is 6.75. The molecule has 1 N–H and O–H groups in total. The third kappa shape index (κ3) is 4.29. The molecule has 1 aliphatic rings. The highest BCUT2D eigenvalue weighted by Gasteiger charge is 2.15. The largest absolute Gasteiger partial charge is 0.313 e. The number of hydrogen-bond acceptors (Lipinski definition) is 2. The van der Waals surface area contributed by atoms with Crippen molar-refractivity contribution in [3.8, 4) is 0 Å². The molecule has 0 atom stereocenters. The molecule has 0 spiro atoms. The van der Waals surface area contributed by atoms with Crippen molar-refractivity contribution in [3.05, 3.63) is 28.2 Å². The van der Waals surface area contributed by atoms with Crippen LogP contribution in [0, 0.1) is 5.92 Å². The topological polar surface area (TPSA) is 12.0 Å². The molecule has 0 amide bonds. The van der Waals surface area contributed by atoms with Crippen LogP contribution in [0.5, 0.6) is 0 Å². The van der Waals surface area contributed by atoms with E-state index < -0.39 is 0 Å². The van der Waals surface area contributed by atoms with Crippen LogP contribution >= 0.6 is 27.7 Å². The molecule has 1 nitrogen and oxygen atoms in total. The van der Waals surface area contributed by atoms with Crippen molar-refractivity contribution < 1.29 is 0 Å². The summed E-state index contributed by atoms with van der Waals surface area (Å²) in [5, 5.41) is 3.36. The molecule has 1 aromatic rings. The van der Waals surface area contributed by atoms with Crippen molar-refractivity contribution in [1.29, 1.82) is 0 Å². The summed E-state index contributed by atoms with van der Waals surface area (Å²) in [4.78, 5) is 1.39. The fourth-order valence-corrected chi connectivity index (χ4v) is 4.30. The highest BCUT2D eigenvalue weighted by atomic mass is 79.9. The van der Waals surface area contributed by atoms with Crippen LogP contribution in [-0.2, 0) is 6.54 Å². The summed E-state index contributed by atoms with van der Waals surface area (Å²) < 4.78 is 1.25. The summed E-state index contributed by atoms with van der Waals surface area (Å²) in [6.45, 7) is 4.12. The Labute approximate surface area is 123 Å². The van der Waals surface area contributed by atoms with Gasteiger partial charge in [0.15, 0.2) is 0 Å². The second kappa shape index (κ2) is 7.56. The Morgan fingerprint density at radius 2 is 2.11 bits per heavy atom. The number of benzene rings is 1. The average Bonchev–Trinajstić information content (AvgIpc) is 2.88. The third-order valence-corrected chi connectivity index (χ3v) is 5.75. The summed E-state index contributed by atoms with van der Waals surface area (Å²) in [5.74, 6) is 2.23. The third-order valence-electron chi connectivity index (χ3n) is 3.52. The van der Waals surface area contributed by atoms with Crippen LogP contribution < -0.4 is 5.32 Å². The van der Waals surface area contributed by atoms with Gasteiger partial charge in [-0.25, -0.2) is 0 Å². The number of nitrogens with one attached hydrogen (secondary N) is 1. The first-order chi connectivity index (χ1) is 8.79. The number of thioether (sulfide) groups is 1. The lowest BCUT2D eigenvalue weighted by atomic mass is 10.1. The lowest BCUT2D eigenvalue weighted by Gasteiger charge is -2.11. The maximum absolute atomic E-state index is 3.70. The Hall–Kier alpha value is 0.01000. The molecule has 1 aliphatic carbocycles. The molecule has 1 aromatic carbocycles. The lowest BCUT2D eigenvalue weighted by Crippen LogP contribution is -2.11. The Balaban J connectivity index is 1.87. The molecule has 0 saturated heterocycles. The molecule has 3 heteroatoms. The van der Waals surface area contributed by atoms with Gasteiger partial charge in [-0.2, -0.15) is 0 Å². The van der Waals surface area contributed by atoms with Gasteiger partial charge in [-0.3, -0.25) is 0 Å². The predicted octanol–water partition coefficient (Wildman–Crippen LogP) is 4.84. The van der Waals surface area contributed by atoms with Gasteiger partial charge < -0.3 is 5.32 Å². The molecule has 0 bridgehead atoms. The number of halogens is 1. The van der Waals surface area contributed by atoms with Crippen LogP contribution in [0.25, 0.3) is 0 Å². The van der Waals surface area contributed by atoms with E-state index in [-0.39, 0.29) is 0 Å². The Morgan fingerprint density at radius 1 is 1.33 bits per heavy atom. The highest BCUT2D eigenvalue weighted by molar-refractivity contribution is 9.10. The van der Waals surface area contributed by atoms with Crippen LogP contribution in [-0.4, -0.2) is 12.3 Å². The van der Waals surface area contributed by atoms with E-state index in [2.05, 4.69) is 46.4 Å². The minimum Gasteiger partial charge on any atom is -0.313 e. The fraction of sp³-hybridized carbons (Fsp3) is 0.600. The molecule has 18 heavy (non-hydrogen) atoms. The summed E-state index contributed by atoms with van der Waals surface area (Å²) in [6.07, 6.45) is 5.74. The van der Waals surface area contributed by atoms with Gasteiger partial charge in [0.2, 0.25) is 0 Å². The Kier molecular flexibility index (Phi) is 6.06. The number of rotatable bonds is 6. The average molecular weight is 328 g/mol. The van der Waals surface area contributed by atoms with Gasteiger partial charge in [0.25, 0.3) is 0 Å². The van der Waals surface area contributed by atoms with Crippen molar-refractivity contribution >= 4 is 27.7 Å². The Morgan fingerprint density at radius 3 is 2.78 bits per heavy atom. The highest BCUT2D eigenvalue weighted by Crippen LogP contribution is 2.34. The molecule has 0 aromatic heterocycles. The van der Waals surface area contributed by atoms with Crippen molar-refractivity contribution in [1.82, 2.24) is 5.32 Å². The van der Waals surface area contributed by atoms with Crippen molar-refractivity contribution in [2.75, 3.05) is 12.3 Å². The van der Waals surface area contributed by atoms with E-state index in [4.69, 9.17) is 0 Å². The van der Waals surface area contributed by atoms with E-state index in [1.54, 1.807) is 0 Å².